The molecule has 6 nitrogen and oxygen atoms in total. The highest BCUT2D eigenvalue weighted by atomic mass is 32.1. The number of nitrogens with one attached hydrogen (secondary N) is 1. The summed E-state index contributed by atoms with van der Waals surface area (Å²) in [7, 11) is 0. The highest BCUT2D eigenvalue weighted by Gasteiger charge is 2.14. The topological polar surface area (TPSA) is 58.9 Å². The molecule has 0 unspecified atom stereocenters. The average molecular weight is 370 g/mol. The lowest BCUT2D eigenvalue weighted by atomic mass is 10.1. The minimum absolute atomic E-state index is 0.119. The Balaban J connectivity index is 1.38. The predicted molar refractivity (Wildman–Crippen MR) is 103 cm³/mol. The Bertz CT molecular complexity index is 863. The number of benzene rings is 1. The molecule has 4 rings (SSSR count). The van der Waals surface area contributed by atoms with Crippen molar-refractivity contribution in [1.29, 1.82) is 0 Å². The Morgan fingerprint density at radius 1 is 1.23 bits per heavy atom. The van der Waals surface area contributed by atoms with Gasteiger partial charge >= 0.3 is 0 Å². The number of hydrogen-bond donors (Lipinski definition) is 1. The van der Waals surface area contributed by atoms with Crippen LogP contribution in [0.2, 0.25) is 0 Å². The summed E-state index contributed by atoms with van der Waals surface area (Å²) in [6.07, 6.45) is 3.83. The van der Waals surface area contributed by atoms with Crippen molar-refractivity contribution in [2.75, 3.05) is 39.4 Å². The smallest absolute Gasteiger partial charge is 0.271 e. The third-order valence-electron chi connectivity index (χ3n) is 4.54. The zero-order valence-electron chi connectivity index (χ0n) is 14.8. The summed E-state index contributed by atoms with van der Waals surface area (Å²) in [4.78, 5) is 21.1. The third-order valence-corrected chi connectivity index (χ3v) is 5.59. The van der Waals surface area contributed by atoms with Crippen LogP contribution in [0, 0.1) is 6.92 Å². The van der Waals surface area contributed by atoms with Gasteiger partial charge in [0.1, 0.15) is 5.69 Å². The molecule has 0 atom stereocenters. The Morgan fingerprint density at radius 3 is 2.73 bits per heavy atom. The summed E-state index contributed by atoms with van der Waals surface area (Å²) in [5, 5.41) is 2.96. The summed E-state index contributed by atoms with van der Waals surface area (Å²) in [5.74, 6) is -0.119. The molecule has 7 heteroatoms. The molecule has 1 aliphatic heterocycles. The van der Waals surface area contributed by atoms with Gasteiger partial charge in [0.05, 0.1) is 18.1 Å². The van der Waals surface area contributed by atoms with Crippen LogP contribution in [0.1, 0.15) is 16.1 Å². The van der Waals surface area contributed by atoms with E-state index < -0.39 is 0 Å². The Kier molecular flexibility index (Phi) is 5.01. The second-order valence-electron chi connectivity index (χ2n) is 6.49. The van der Waals surface area contributed by atoms with Gasteiger partial charge in [-0.25, -0.2) is 4.98 Å². The predicted octanol–water partition coefficient (Wildman–Crippen LogP) is 2.43. The first-order chi connectivity index (χ1) is 12.7. The van der Waals surface area contributed by atoms with Gasteiger partial charge in [-0.3, -0.25) is 14.1 Å². The number of carbonyl (C=O) groups excluding carboxylic acids is 1. The SMILES string of the molecule is Cc1ccc(-c2cn3cc(C(=O)NCCN4CCOCC4)nc3s2)cc1. The highest BCUT2D eigenvalue weighted by Crippen LogP contribution is 2.28. The van der Waals surface area contributed by atoms with Crippen LogP contribution in [-0.4, -0.2) is 59.6 Å². The zero-order valence-corrected chi connectivity index (χ0v) is 15.6. The van der Waals surface area contributed by atoms with E-state index in [1.165, 1.54) is 11.1 Å². The lowest BCUT2D eigenvalue weighted by molar-refractivity contribution is 0.0383. The molecule has 3 aromatic rings. The second-order valence-corrected chi connectivity index (χ2v) is 7.50. The lowest BCUT2D eigenvalue weighted by Gasteiger charge is -2.26. The van der Waals surface area contributed by atoms with E-state index in [-0.39, 0.29) is 5.91 Å². The van der Waals surface area contributed by atoms with Crippen molar-refractivity contribution in [2.45, 2.75) is 6.92 Å². The number of aromatic nitrogens is 2. The maximum Gasteiger partial charge on any atom is 0.271 e. The fourth-order valence-electron chi connectivity index (χ4n) is 3.00. The van der Waals surface area contributed by atoms with Crippen LogP contribution in [0.5, 0.6) is 0 Å². The van der Waals surface area contributed by atoms with Crippen LogP contribution < -0.4 is 5.32 Å². The van der Waals surface area contributed by atoms with E-state index in [0.29, 0.717) is 12.2 Å². The molecule has 0 radical (unpaired) electrons. The van der Waals surface area contributed by atoms with Crippen LogP contribution in [0.4, 0.5) is 0 Å². The zero-order chi connectivity index (χ0) is 17.9. The summed E-state index contributed by atoms with van der Waals surface area (Å²) in [5.41, 5.74) is 2.88. The van der Waals surface area contributed by atoms with Gasteiger partial charge in [-0.05, 0) is 12.5 Å². The Morgan fingerprint density at radius 2 is 2.00 bits per heavy atom. The van der Waals surface area contributed by atoms with E-state index in [1.54, 1.807) is 17.5 Å². The normalized spacial score (nSPS) is 15.4. The molecule has 136 valence electrons. The molecule has 3 heterocycles. The number of ether oxygens (including phenoxy) is 1. The maximum absolute atomic E-state index is 12.3. The molecule has 0 spiro atoms. The number of morpholine rings is 1. The lowest BCUT2D eigenvalue weighted by Crippen LogP contribution is -2.41. The fraction of sp³-hybridized carbons (Fsp3) is 0.368. The number of hydrogen-bond acceptors (Lipinski definition) is 5. The van der Waals surface area contributed by atoms with Crippen molar-refractivity contribution in [2.24, 2.45) is 0 Å². The number of carbonyl (C=O) groups is 1. The van der Waals surface area contributed by atoms with Gasteiger partial charge in [0.2, 0.25) is 0 Å². The minimum atomic E-state index is -0.119. The van der Waals surface area contributed by atoms with Crippen LogP contribution >= 0.6 is 11.3 Å². The number of nitrogens with zero attached hydrogens (tertiary/aromatic N) is 3. The molecule has 1 fully saturated rings. The molecule has 1 amide bonds. The molecule has 0 saturated carbocycles. The molecule has 1 saturated heterocycles. The van der Waals surface area contributed by atoms with Gasteiger partial charge in [-0.2, -0.15) is 0 Å². The van der Waals surface area contributed by atoms with Crippen molar-refractivity contribution in [3.63, 3.8) is 0 Å². The van der Waals surface area contributed by atoms with E-state index in [4.69, 9.17) is 4.74 Å². The van der Waals surface area contributed by atoms with Crippen molar-refractivity contribution < 1.29 is 9.53 Å². The molecular weight excluding hydrogens is 348 g/mol. The number of aryl methyl sites for hydroxylation is 1. The average Bonchev–Trinajstić information content (AvgIpc) is 3.22. The van der Waals surface area contributed by atoms with E-state index in [9.17, 15) is 4.79 Å². The van der Waals surface area contributed by atoms with Gasteiger partial charge in [0.25, 0.3) is 5.91 Å². The van der Waals surface area contributed by atoms with Crippen LogP contribution in [0.25, 0.3) is 15.4 Å². The number of fused-ring (bicyclic) bond motifs is 1. The van der Waals surface area contributed by atoms with Crippen molar-refractivity contribution in [1.82, 2.24) is 19.6 Å². The molecule has 2 aromatic heterocycles. The van der Waals surface area contributed by atoms with Crippen LogP contribution in [-0.2, 0) is 4.74 Å². The summed E-state index contributed by atoms with van der Waals surface area (Å²) < 4.78 is 7.26. The summed E-state index contributed by atoms with van der Waals surface area (Å²) in [6.45, 7) is 6.95. The van der Waals surface area contributed by atoms with Crippen LogP contribution in [0.15, 0.2) is 36.7 Å². The standard InChI is InChI=1S/C19H22N4O2S/c1-14-2-4-15(5-3-14)17-13-23-12-16(21-19(23)26-17)18(24)20-6-7-22-8-10-25-11-9-22/h2-5,12-13H,6-11H2,1H3,(H,20,24). The first-order valence-corrected chi connectivity index (χ1v) is 9.64. The summed E-state index contributed by atoms with van der Waals surface area (Å²) >= 11 is 1.59. The molecule has 0 bridgehead atoms. The number of rotatable bonds is 5. The molecule has 1 aliphatic rings. The molecule has 0 aliphatic carbocycles. The van der Waals surface area contributed by atoms with Gasteiger partial charge in [-0.1, -0.05) is 41.2 Å². The summed E-state index contributed by atoms with van der Waals surface area (Å²) in [6, 6.07) is 8.43. The maximum atomic E-state index is 12.3. The fourth-order valence-corrected chi connectivity index (χ4v) is 3.97. The molecule has 26 heavy (non-hydrogen) atoms. The van der Waals surface area contributed by atoms with E-state index in [2.05, 4.69) is 46.4 Å². The van der Waals surface area contributed by atoms with Gasteiger partial charge in [-0.15, -0.1) is 0 Å². The van der Waals surface area contributed by atoms with Gasteiger partial charge in [0.15, 0.2) is 4.96 Å². The van der Waals surface area contributed by atoms with E-state index >= 15 is 0 Å². The van der Waals surface area contributed by atoms with Crippen molar-refractivity contribution in [3.8, 4) is 10.4 Å². The molecular formula is C19H22N4O2S. The minimum Gasteiger partial charge on any atom is -0.379 e. The van der Waals surface area contributed by atoms with Crippen LogP contribution in [0.3, 0.4) is 0 Å². The monoisotopic (exact) mass is 370 g/mol. The Hall–Kier alpha value is -2.22. The quantitative estimate of drug-likeness (QED) is 0.749. The number of imidazole rings is 1. The van der Waals surface area contributed by atoms with Crippen molar-refractivity contribution in [3.05, 3.63) is 47.9 Å². The third kappa shape index (κ3) is 3.80. The van der Waals surface area contributed by atoms with Gasteiger partial charge in [0, 0.05) is 38.6 Å². The molecule has 1 N–H and O–H groups in total. The first kappa shape index (κ1) is 17.2. The number of thiazole rings is 1. The van der Waals surface area contributed by atoms with Crippen molar-refractivity contribution >= 4 is 22.2 Å². The second kappa shape index (κ2) is 7.57. The Labute approximate surface area is 156 Å². The van der Waals surface area contributed by atoms with E-state index in [1.807, 2.05) is 10.6 Å². The first-order valence-electron chi connectivity index (χ1n) is 8.83. The van der Waals surface area contributed by atoms with E-state index in [0.717, 1.165) is 42.7 Å². The molecule has 1 aromatic carbocycles. The largest absolute Gasteiger partial charge is 0.379 e. The highest BCUT2D eigenvalue weighted by molar-refractivity contribution is 7.20. The number of amides is 1. The van der Waals surface area contributed by atoms with Gasteiger partial charge < -0.3 is 10.1 Å².